The van der Waals surface area contributed by atoms with E-state index in [1.807, 2.05) is 0 Å². The number of nitrogens with zero attached hydrogens (tertiary/aromatic N) is 1. The van der Waals surface area contributed by atoms with Crippen LogP contribution in [0.4, 0.5) is 14.9 Å². The Morgan fingerprint density at radius 1 is 1.33 bits per heavy atom. The number of cyclic esters (lactones) is 1. The van der Waals surface area contributed by atoms with Crippen LogP contribution in [0.5, 0.6) is 0 Å². The van der Waals surface area contributed by atoms with Crippen LogP contribution < -0.4 is 15.8 Å². The highest BCUT2D eigenvalue weighted by atomic mass is 32.3. The average molecular weight is 357 g/mol. The van der Waals surface area contributed by atoms with E-state index < -0.39 is 34.0 Å². The van der Waals surface area contributed by atoms with Crippen molar-refractivity contribution in [1.82, 2.24) is 0 Å². The number of thiol groups is 1. The Bertz CT molecular complexity index is 729. The lowest BCUT2D eigenvalue weighted by molar-refractivity contribution is -0.124. The Morgan fingerprint density at radius 2 is 2.00 bits per heavy atom. The molecular weight excluding hydrogens is 337 g/mol. The van der Waals surface area contributed by atoms with Gasteiger partial charge in [0.05, 0.1) is 12.2 Å². The summed E-state index contributed by atoms with van der Waals surface area (Å²) in [5, 5.41) is 5.68. The Morgan fingerprint density at radius 3 is 2.54 bits per heavy atom. The van der Waals surface area contributed by atoms with Crippen LogP contribution in [0, 0.1) is 5.82 Å². The summed E-state index contributed by atoms with van der Waals surface area (Å²) in [5.74, 6) is -0.388. The molecular formula is C15H20FN3O4S. The number of hydrogen-bond donors (Lipinski definition) is 3. The molecule has 24 heavy (non-hydrogen) atoms. The van der Waals surface area contributed by atoms with Gasteiger partial charge in [-0.15, -0.1) is 0 Å². The Hall–Kier alpha value is -2.00. The van der Waals surface area contributed by atoms with E-state index in [0.717, 1.165) is 0 Å². The van der Waals surface area contributed by atoms with Crippen molar-refractivity contribution in [2.24, 2.45) is 10.9 Å². The normalized spacial score (nSPS) is 27.6. The van der Waals surface area contributed by atoms with Crippen LogP contribution >= 0.6 is 0 Å². The lowest BCUT2D eigenvalue weighted by Gasteiger charge is -2.30. The molecule has 9 heteroatoms. The molecule has 2 aliphatic heterocycles. The number of halogens is 1. The third kappa shape index (κ3) is 3.27. The molecule has 1 aromatic rings. The zero-order valence-electron chi connectivity index (χ0n) is 13.0. The molecule has 0 unspecified atom stereocenters. The fourth-order valence-electron chi connectivity index (χ4n) is 3.15. The number of primary amides is 1. The molecule has 1 aromatic carbocycles. The predicted octanol–water partition coefficient (Wildman–Crippen LogP) is 0.404. The van der Waals surface area contributed by atoms with Gasteiger partial charge in [-0.1, -0.05) is 16.2 Å². The molecule has 0 bridgehead atoms. The van der Waals surface area contributed by atoms with E-state index in [1.54, 1.807) is 12.1 Å². The molecule has 0 aliphatic carbocycles. The maximum absolute atomic E-state index is 14.5. The second-order valence-corrected chi connectivity index (χ2v) is 9.06. The summed E-state index contributed by atoms with van der Waals surface area (Å²) in [6, 6.07) is 4.48. The zero-order chi connectivity index (χ0) is 17.5. The van der Waals surface area contributed by atoms with Gasteiger partial charge in [-0.2, -0.15) is 0 Å². The average Bonchev–Trinajstić information content (AvgIpc) is 2.90. The van der Waals surface area contributed by atoms with Gasteiger partial charge in [-0.05, 0) is 36.5 Å². The largest absolute Gasteiger partial charge is 0.434 e. The van der Waals surface area contributed by atoms with Gasteiger partial charge in [-0.3, -0.25) is 19.0 Å². The van der Waals surface area contributed by atoms with Gasteiger partial charge in [0.15, 0.2) is 6.10 Å². The SMILES string of the molecule is NC(=O)[C@H]1CN(c2ccc(C3CC[SH](N)(=O)CC3)c(F)c2)C(=O)O1. The maximum atomic E-state index is 14.5. The third-order valence-electron chi connectivity index (χ3n) is 4.58. The first-order valence-electron chi connectivity index (χ1n) is 7.70. The second-order valence-electron chi connectivity index (χ2n) is 6.27. The van der Waals surface area contributed by atoms with Crippen molar-refractivity contribution < 1.29 is 22.9 Å². The van der Waals surface area contributed by atoms with Crippen molar-refractivity contribution in [2.75, 3.05) is 23.0 Å². The van der Waals surface area contributed by atoms with Crippen LogP contribution in [0.1, 0.15) is 24.3 Å². The number of hydrogen-bond acceptors (Lipinski definition) is 4. The number of ether oxygens (including phenoxy) is 1. The van der Waals surface area contributed by atoms with Crippen molar-refractivity contribution in [3.8, 4) is 0 Å². The van der Waals surface area contributed by atoms with Crippen LogP contribution in [0.25, 0.3) is 0 Å². The van der Waals surface area contributed by atoms with Gasteiger partial charge in [0.2, 0.25) is 0 Å². The van der Waals surface area contributed by atoms with Crippen LogP contribution in [0.2, 0.25) is 0 Å². The number of carbonyl (C=O) groups excluding carboxylic acids is 2. The molecule has 2 saturated heterocycles. The monoisotopic (exact) mass is 357 g/mol. The van der Waals surface area contributed by atoms with E-state index in [0.29, 0.717) is 35.6 Å². The maximum Gasteiger partial charge on any atom is 0.415 e. The Labute approximate surface area is 139 Å². The molecule has 2 heterocycles. The van der Waals surface area contributed by atoms with E-state index in [2.05, 4.69) is 0 Å². The Kier molecular flexibility index (Phi) is 4.31. The lowest BCUT2D eigenvalue weighted by Crippen LogP contribution is -2.36. The summed E-state index contributed by atoms with van der Waals surface area (Å²) in [6.45, 7) is -0.0350. The first kappa shape index (κ1) is 16.8. The molecule has 0 aromatic heterocycles. The molecule has 1 atom stereocenters. The minimum atomic E-state index is -2.55. The summed E-state index contributed by atoms with van der Waals surface area (Å²) in [7, 11) is -2.55. The van der Waals surface area contributed by atoms with Gasteiger partial charge in [0.25, 0.3) is 5.91 Å². The standard InChI is InChI=1S/C15H20FN3O4S/c16-12-7-10(19-8-13(14(17)20)23-15(19)21)1-2-11(12)9-3-5-24(18,22)6-4-9/h1-2,7,9,13,24H,3-6,8H2,(H2,17,20)(H2,18,22)/t13-/m1/s1. The van der Waals surface area contributed by atoms with E-state index in [1.165, 1.54) is 11.0 Å². The second kappa shape index (κ2) is 6.14. The minimum Gasteiger partial charge on any atom is -0.434 e. The molecule has 2 fully saturated rings. The number of amides is 2. The molecule has 7 nitrogen and oxygen atoms in total. The van der Waals surface area contributed by atoms with Crippen molar-refractivity contribution in [3.05, 3.63) is 29.6 Å². The number of nitrogens with two attached hydrogens (primary N) is 2. The summed E-state index contributed by atoms with van der Waals surface area (Å²) < 4.78 is 31.2. The topological polar surface area (TPSA) is 116 Å². The quantitative estimate of drug-likeness (QED) is 0.679. The fourth-order valence-corrected chi connectivity index (χ4v) is 4.87. The van der Waals surface area contributed by atoms with Crippen molar-refractivity contribution in [2.45, 2.75) is 24.9 Å². The van der Waals surface area contributed by atoms with Crippen LogP contribution in [0.3, 0.4) is 0 Å². The van der Waals surface area contributed by atoms with Crippen LogP contribution in [0.15, 0.2) is 18.2 Å². The van der Waals surface area contributed by atoms with Gasteiger partial charge in [0, 0.05) is 11.5 Å². The van der Waals surface area contributed by atoms with Gasteiger partial charge >= 0.3 is 6.09 Å². The molecule has 2 aliphatic rings. The van der Waals surface area contributed by atoms with Crippen LogP contribution in [-0.2, 0) is 19.7 Å². The van der Waals surface area contributed by atoms with Crippen molar-refractivity contribution in [1.29, 1.82) is 0 Å². The van der Waals surface area contributed by atoms with Gasteiger partial charge in [-0.25, -0.2) is 9.18 Å². The van der Waals surface area contributed by atoms with Crippen LogP contribution in [-0.4, -0.2) is 40.4 Å². The Balaban J connectivity index is 1.77. The molecule has 0 spiro atoms. The summed E-state index contributed by atoms with van der Waals surface area (Å²) in [5.41, 5.74) is 5.96. The van der Waals surface area contributed by atoms with E-state index >= 15 is 0 Å². The third-order valence-corrected chi connectivity index (χ3v) is 6.61. The number of anilines is 1. The number of carbonyl (C=O) groups is 2. The summed E-state index contributed by atoms with van der Waals surface area (Å²) >= 11 is 0. The first-order chi connectivity index (χ1) is 11.3. The van der Waals surface area contributed by atoms with Crippen molar-refractivity contribution >= 4 is 27.8 Å². The zero-order valence-corrected chi connectivity index (χ0v) is 13.9. The summed E-state index contributed by atoms with van der Waals surface area (Å²) in [4.78, 5) is 24.1. The fraction of sp³-hybridized carbons (Fsp3) is 0.467. The molecule has 3 rings (SSSR count). The first-order valence-corrected chi connectivity index (χ1v) is 9.85. The van der Waals surface area contributed by atoms with Gasteiger partial charge < -0.3 is 10.5 Å². The molecule has 0 radical (unpaired) electrons. The van der Waals surface area contributed by atoms with Crippen molar-refractivity contribution in [3.63, 3.8) is 0 Å². The lowest BCUT2D eigenvalue weighted by atomic mass is 9.93. The predicted molar refractivity (Wildman–Crippen MR) is 88.6 cm³/mol. The van der Waals surface area contributed by atoms with E-state index in [4.69, 9.17) is 15.6 Å². The molecule has 4 N–H and O–H groups in total. The minimum absolute atomic E-state index is 0.0337. The molecule has 2 amide bonds. The highest BCUT2D eigenvalue weighted by Gasteiger charge is 2.36. The highest BCUT2D eigenvalue weighted by molar-refractivity contribution is 8.00. The van der Waals surface area contributed by atoms with E-state index in [-0.39, 0.29) is 12.5 Å². The number of benzene rings is 1. The van der Waals surface area contributed by atoms with E-state index in [9.17, 15) is 18.2 Å². The number of rotatable bonds is 3. The molecule has 0 saturated carbocycles. The highest BCUT2D eigenvalue weighted by Crippen LogP contribution is 2.33. The molecule has 132 valence electrons. The van der Waals surface area contributed by atoms with Gasteiger partial charge in [0.1, 0.15) is 5.82 Å². The summed E-state index contributed by atoms with van der Waals surface area (Å²) in [6.07, 6.45) is -0.594. The smallest absolute Gasteiger partial charge is 0.415 e.